The van der Waals surface area contributed by atoms with Crippen LogP contribution in [-0.2, 0) is 0 Å². The van der Waals surface area contributed by atoms with Crippen molar-refractivity contribution in [3.05, 3.63) is 24.0 Å². The maximum atomic E-state index is 6.85. The summed E-state index contributed by atoms with van der Waals surface area (Å²) in [4.78, 5) is 3.76. The van der Waals surface area contributed by atoms with E-state index in [2.05, 4.69) is 4.98 Å². The van der Waals surface area contributed by atoms with E-state index < -0.39 is 0 Å². The van der Waals surface area contributed by atoms with E-state index in [0.717, 1.165) is 0 Å². The van der Waals surface area contributed by atoms with Gasteiger partial charge in [-0.05, 0) is 6.07 Å². The van der Waals surface area contributed by atoms with Crippen molar-refractivity contribution in [1.29, 1.82) is 5.41 Å². The Kier molecular flexibility index (Phi) is 1.44. The SMILES string of the molecule is N=Cc1ccncc1N. The van der Waals surface area contributed by atoms with Gasteiger partial charge in [-0.15, -0.1) is 0 Å². The van der Waals surface area contributed by atoms with Gasteiger partial charge in [-0.2, -0.15) is 0 Å². The highest BCUT2D eigenvalue weighted by atomic mass is 14.7. The molecule has 0 spiro atoms. The van der Waals surface area contributed by atoms with Crippen molar-refractivity contribution < 1.29 is 0 Å². The van der Waals surface area contributed by atoms with Gasteiger partial charge in [-0.25, -0.2) is 0 Å². The van der Waals surface area contributed by atoms with Gasteiger partial charge in [0.2, 0.25) is 0 Å². The number of hydrogen-bond donors (Lipinski definition) is 2. The van der Waals surface area contributed by atoms with Gasteiger partial charge in [0, 0.05) is 18.0 Å². The summed E-state index contributed by atoms with van der Waals surface area (Å²) < 4.78 is 0. The number of pyridine rings is 1. The topological polar surface area (TPSA) is 62.8 Å². The second kappa shape index (κ2) is 2.26. The molecule has 3 N–H and O–H groups in total. The van der Waals surface area contributed by atoms with E-state index in [4.69, 9.17) is 11.1 Å². The monoisotopic (exact) mass is 121 g/mol. The maximum Gasteiger partial charge on any atom is 0.0589 e. The molecule has 1 aromatic heterocycles. The summed E-state index contributed by atoms with van der Waals surface area (Å²) in [5.41, 5.74) is 6.68. The zero-order valence-corrected chi connectivity index (χ0v) is 4.83. The van der Waals surface area contributed by atoms with Gasteiger partial charge < -0.3 is 11.1 Å². The molecule has 0 bridgehead atoms. The van der Waals surface area contributed by atoms with Crippen LogP contribution in [0.25, 0.3) is 0 Å². The molecule has 0 aliphatic carbocycles. The second-order valence-electron chi connectivity index (χ2n) is 1.65. The van der Waals surface area contributed by atoms with Gasteiger partial charge in [0.05, 0.1) is 11.9 Å². The van der Waals surface area contributed by atoms with Crippen LogP contribution < -0.4 is 5.73 Å². The third-order valence-corrected chi connectivity index (χ3v) is 1.04. The third kappa shape index (κ3) is 1.05. The molecule has 1 aromatic rings. The molecule has 0 atom stereocenters. The van der Waals surface area contributed by atoms with Gasteiger partial charge in [0.25, 0.3) is 0 Å². The average Bonchev–Trinajstić information content (AvgIpc) is 1.89. The largest absolute Gasteiger partial charge is 0.397 e. The first-order chi connectivity index (χ1) is 4.34. The lowest BCUT2D eigenvalue weighted by Crippen LogP contribution is -1.92. The molecule has 0 fully saturated rings. The van der Waals surface area contributed by atoms with Gasteiger partial charge >= 0.3 is 0 Å². The number of rotatable bonds is 1. The summed E-state index contributed by atoms with van der Waals surface area (Å²) in [7, 11) is 0. The molecule has 1 rings (SSSR count). The standard InChI is InChI=1S/C6H7N3/c7-3-5-1-2-9-4-6(5)8/h1-4,7H,8H2. The second-order valence-corrected chi connectivity index (χ2v) is 1.65. The number of aromatic nitrogens is 1. The predicted octanol–water partition coefficient (Wildman–Crippen LogP) is 0.661. The van der Waals surface area contributed by atoms with Crippen LogP contribution in [0.2, 0.25) is 0 Å². The molecular formula is C6H7N3. The lowest BCUT2D eigenvalue weighted by Gasteiger charge is -1.93. The van der Waals surface area contributed by atoms with Crippen LogP contribution in [0.3, 0.4) is 0 Å². The van der Waals surface area contributed by atoms with Crippen LogP contribution >= 0.6 is 0 Å². The fourth-order valence-electron chi connectivity index (χ4n) is 0.549. The first-order valence-corrected chi connectivity index (χ1v) is 2.54. The van der Waals surface area contributed by atoms with Crippen molar-refractivity contribution >= 4 is 11.9 Å². The van der Waals surface area contributed by atoms with E-state index in [-0.39, 0.29) is 0 Å². The van der Waals surface area contributed by atoms with Crippen LogP contribution in [0.5, 0.6) is 0 Å². The van der Waals surface area contributed by atoms with Crippen LogP contribution in [0.15, 0.2) is 18.5 Å². The van der Waals surface area contributed by atoms with Gasteiger partial charge in [-0.3, -0.25) is 4.98 Å². The molecule has 9 heavy (non-hydrogen) atoms. The van der Waals surface area contributed by atoms with Gasteiger partial charge in [-0.1, -0.05) is 0 Å². The summed E-state index contributed by atoms with van der Waals surface area (Å²) in [5, 5.41) is 6.85. The molecule has 0 unspecified atom stereocenters. The van der Waals surface area contributed by atoms with E-state index in [0.29, 0.717) is 11.3 Å². The lowest BCUT2D eigenvalue weighted by atomic mass is 10.2. The first-order valence-electron chi connectivity index (χ1n) is 2.54. The Morgan fingerprint density at radius 2 is 2.44 bits per heavy atom. The highest BCUT2D eigenvalue weighted by Gasteiger charge is 1.89. The van der Waals surface area contributed by atoms with E-state index in [1.54, 1.807) is 12.3 Å². The van der Waals surface area contributed by atoms with Crippen molar-refractivity contribution in [3.8, 4) is 0 Å². The Morgan fingerprint density at radius 3 is 2.89 bits per heavy atom. The van der Waals surface area contributed by atoms with Crippen LogP contribution in [0.1, 0.15) is 5.56 Å². The quantitative estimate of drug-likeness (QED) is 0.536. The normalized spacial score (nSPS) is 8.89. The fourth-order valence-corrected chi connectivity index (χ4v) is 0.549. The number of nitrogens with one attached hydrogen (secondary N) is 1. The van der Waals surface area contributed by atoms with Crippen molar-refractivity contribution in [2.75, 3.05) is 5.73 Å². The minimum absolute atomic E-state index is 0.549. The minimum Gasteiger partial charge on any atom is -0.397 e. The maximum absolute atomic E-state index is 6.85. The van der Waals surface area contributed by atoms with E-state index in [9.17, 15) is 0 Å². The average molecular weight is 121 g/mol. The summed E-state index contributed by atoms with van der Waals surface area (Å²) in [6.07, 6.45) is 4.34. The summed E-state index contributed by atoms with van der Waals surface area (Å²) in [5.74, 6) is 0. The molecule has 0 aliphatic rings. The molecule has 0 saturated heterocycles. The number of anilines is 1. The molecule has 46 valence electrons. The summed E-state index contributed by atoms with van der Waals surface area (Å²) in [6, 6.07) is 1.70. The Bertz CT molecular complexity index is 219. The Balaban J connectivity index is 3.15. The molecule has 0 aromatic carbocycles. The molecule has 0 radical (unpaired) electrons. The highest BCUT2D eigenvalue weighted by Crippen LogP contribution is 2.03. The zero-order valence-electron chi connectivity index (χ0n) is 4.83. The number of hydrogen-bond acceptors (Lipinski definition) is 3. The third-order valence-electron chi connectivity index (χ3n) is 1.04. The molecule has 3 nitrogen and oxygen atoms in total. The minimum atomic E-state index is 0.549. The first kappa shape index (κ1) is 5.75. The number of nitrogen functional groups attached to an aromatic ring is 1. The fraction of sp³-hybridized carbons (Fsp3) is 0. The van der Waals surface area contributed by atoms with Gasteiger partial charge in [0.1, 0.15) is 0 Å². The molecule has 1 heterocycles. The van der Waals surface area contributed by atoms with Crippen LogP contribution in [-0.4, -0.2) is 11.2 Å². The van der Waals surface area contributed by atoms with Gasteiger partial charge in [0.15, 0.2) is 0 Å². The molecule has 0 aliphatic heterocycles. The summed E-state index contributed by atoms with van der Waals surface area (Å²) in [6.45, 7) is 0. The van der Waals surface area contributed by atoms with Crippen molar-refractivity contribution in [2.24, 2.45) is 0 Å². The zero-order chi connectivity index (χ0) is 6.69. The van der Waals surface area contributed by atoms with E-state index in [1.165, 1.54) is 12.4 Å². The van der Waals surface area contributed by atoms with Crippen molar-refractivity contribution in [3.63, 3.8) is 0 Å². The molecule has 0 saturated carbocycles. The highest BCUT2D eigenvalue weighted by molar-refractivity contribution is 5.84. The van der Waals surface area contributed by atoms with Crippen molar-refractivity contribution in [1.82, 2.24) is 4.98 Å². The van der Waals surface area contributed by atoms with E-state index >= 15 is 0 Å². The number of nitrogens with zero attached hydrogens (tertiary/aromatic N) is 1. The number of nitrogens with two attached hydrogens (primary N) is 1. The van der Waals surface area contributed by atoms with Crippen LogP contribution in [0, 0.1) is 5.41 Å². The molecule has 3 heteroatoms. The Hall–Kier alpha value is -1.38. The smallest absolute Gasteiger partial charge is 0.0589 e. The molecular weight excluding hydrogens is 114 g/mol. The Morgan fingerprint density at radius 1 is 1.67 bits per heavy atom. The van der Waals surface area contributed by atoms with E-state index in [1.807, 2.05) is 0 Å². The van der Waals surface area contributed by atoms with Crippen LogP contribution in [0.4, 0.5) is 5.69 Å². The Labute approximate surface area is 53.0 Å². The van der Waals surface area contributed by atoms with Crippen molar-refractivity contribution in [2.45, 2.75) is 0 Å². The summed E-state index contributed by atoms with van der Waals surface area (Å²) >= 11 is 0. The predicted molar refractivity (Wildman–Crippen MR) is 36.5 cm³/mol. The molecule has 0 amide bonds. The lowest BCUT2D eigenvalue weighted by molar-refractivity contribution is 1.32.